The van der Waals surface area contributed by atoms with Gasteiger partial charge in [0.25, 0.3) is 0 Å². The number of aliphatic imine (C=N–C) groups is 1. The van der Waals surface area contributed by atoms with Gasteiger partial charge in [-0.3, -0.25) is 5.32 Å². The average molecular weight is 682 g/mol. The number of rotatable bonds is 6. The SMILES string of the molecule is c1ccc(C2=NC(c3cccc(-c4cccc(-c5cc6c7ccc(-c8ccccc8)cc7oc6c6ccccc56)c4)c3)NC(c3ccccc3)N2)cc1. The highest BCUT2D eigenvalue weighted by Gasteiger charge is 2.25. The maximum Gasteiger partial charge on any atom is 0.143 e. The van der Waals surface area contributed by atoms with Crippen LogP contribution in [0.5, 0.6) is 0 Å². The van der Waals surface area contributed by atoms with E-state index in [1.165, 1.54) is 16.5 Å². The third kappa shape index (κ3) is 5.76. The standard InChI is InChI=1S/C49H35N3O/c1-4-14-32(15-5-1)37-26-27-41-44-31-43(40-24-10-11-25-42(40)46(44)53-45(41)30-37)38-22-12-20-35(28-38)36-21-13-23-39(29-36)49-51-47(33-16-6-2-7-17-33)50-48(52-49)34-18-8-3-9-19-34/h1-31,47,49,51H,(H,50,52). The van der Waals surface area contributed by atoms with Gasteiger partial charge in [0.05, 0.1) is 0 Å². The Morgan fingerprint density at radius 3 is 1.81 bits per heavy atom. The van der Waals surface area contributed by atoms with Crippen LogP contribution in [-0.4, -0.2) is 5.84 Å². The Hall–Kier alpha value is -6.75. The lowest BCUT2D eigenvalue weighted by Crippen LogP contribution is -2.44. The molecule has 2 unspecified atom stereocenters. The predicted octanol–water partition coefficient (Wildman–Crippen LogP) is 12.1. The van der Waals surface area contributed by atoms with Gasteiger partial charge in [0, 0.05) is 21.7 Å². The average Bonchev–Trinajstić information content (AvgIpc) is 3.62. The zero-order valence-corrected chi connectivity index (χ0v) is 28.9. The number of fused-ring (bicyclic) bond motifs is 5. The van der Waals surface area contributed by atoms with Crippen molar-refractivity contribution in [2.45, 2.75) is 12.3 Å². The molecule has 2 heterocycles. The molecule has 0 fully saturated rings. The van der Waals surface area contributed by atoms with E-state index in [9.17, 15) is 0 Å². The van der Waals surface area contributed by atoms with E-state index in [2.05, 4.69) is 180 Å². The minimum Gasteiger partial charge on any atom is -0.455 e. The lowest BCUT2D eigenvalue weighted by Gasteiger charge is -2.32. The summed E-state index contributed by atoms with van der Waals surface area (Å²) in [5, 5.41) is 11.9. The second-order valence-corrected chi connectivity index (χ2v) is 13.6. The molecule has 0 spiro atoms. The molecule has 53 heavy (non-hydrogen) atoms. The summed E-state index contributed by atoms with van der Waals surface area (Å²) in [4.78, 5) is 5.19. The number of hydrogen-bond donors (Lipinski definition) is 2. The maximum absolute atomic E-state index is 6.63. The first-order valence-electron chi connectivity index (χ1n) is 18.1. The van der Waals surface area contributed by atoms with E-state index in [1.807, 2.05) is 18.2 Å². The molecule has 0 bridgehead atoms. The zero-order chi connectivity index (χ0) is 35.1. The van der Waals surface area contributed by atoms with Gasteiger partial charge in [0.2, 0.25) is 0 Å². The smallest absolute Gasteiger partial charge is 0.143 e. The van der Waals surface area contributed by atoms with Crippen molar-refractivity contribution in [3.8, 4) is 33.4 Å². The van der Waals surface area contributed by atoms with Crippen LogP contribution in [0.25, 0.3) is 66.1 Å². The first kappa shape index (κ1) is 31.0. The first-order chi connectivity index (χ1) is 26.2. The number of nitrogens with one attached hydrogen (secondary N) is 2. The summed E-state index contributed by atoms with van der Waals surface area (Å²) in [5.41, 5.74) is 12.1. The largest absolute Gasteiger partial charge is 0.455 e. The van der Waals surface area contributed by atoms with E-state index in [1.54, 1.807) is 0 Å². The van der Waals surface area contributed by atoms with Crippen LogP contribution >= 0.6 is 0 Å². The van der Waals surface area contributed by atoms with Crippen molar-refractivity contribution in [2.24, 2.45) is 4.99 Å². The quantitative estimate of drug-likeness (QED) is 0.184. The van der Waals surface area contributed by atoms with E-state index in [-0.39, 0.29) is 12.3 Å². The van der Waals surface area contributed by atoms with Crippen molar-refractivity contribution >= 4 is 38.5 Å². The molecule has 0 saturated heterocycles. The van der Waals surface area contributed by atoms with Crippen LogP contribution in [0.3, 0.4) is 0 Å². The van der Waals surface area contributed by atoms with Crippen molar-refractivity contribution in [3.63, 3.8) is 0 Å². The summed E-state index contributed by atoms with van der Waals surface area (Å²) in [7, 11) is 0. The molecule has 4 heteroatoms. The minimum atomic E-state index is -0.233. The van der Waals surface area contributed by atoms with Crippen molar-refractivity contribution in [2.75, 3.05) is 0 Å². The third-order valence-electron chi connectivity index (χ3n) is 10.3. The monoisotopic (exact) mass is 681 g/mol. The van der Waals surface area contributed by atoms with E-state index >= 15 is 0 Å². The Balaban J connectivity index is 1.05. The lowest BCUT2D eigenvalue weighted by atomic mass is 9.92. The van der Waals surface area contributed by atoms with Crippen molar-refractivity contribution in [1.82, 2.24) is 10.6 Å². The molecule has 2 N–H and O–H groups in total. The number of benzene rings is 8. The van der Waals surface area contributed by atoms with Crippen LogP contribution in [0.1, 0.15) is 29.0 Å². The van der Waals surface area contributed by atoms with Gasteiger partial charge >= 0.3 is 0 Å². The highest BCUT2D eigenvalue weighted by Crippen LogP contribution is 2.41. The van der Waals surface area contributed by atoms with Gasteiger partial charge in [0.15, 0.2) is 0 Å². The summed E-state index contributed by atoms with van der Waals surface area (Å²) in [5.74, 6) is 0.876. The van der Waals surface area contributed by atoms with Gasteiger partial charge in [-0.2, -0.15) is 0 Å². The molecule has 1 aliphatic rings. The van der Waals surface area contributed by atoms with Gasteiger partial charge in [-0.15, -0.1) is 0 Å². The third-order valence-corrected chi connectivity index (χ3v) is 10.3. The number of amidine groups is 1. The van der Waals surface area contributed by atoms with Crippen molar-refractivity contribution in [1.29, 1.82) is 0 Å². The summed E-state index contributed by atoms with van der Waals surface area (Å²) in [6.07, 6.45) is -0.323. The molecule has 2 atom stereocenters. The normalized spacial score (nSPS) is 15.7. The van der Waals surface area contributed by atoms with E-state index in [0.29, 0.717) is 0 Å². The Labute approximate surface area is 308 Å². The molecule has 1 aliphatic heterocycles. The molecular weight excluding hydrogens is 647 g/mol. The maximum atomic E-state index is 6.63. The van der Waals surface area contributed by atoms with Gasteiger partial charge in [-0.1, -0.05) is 158 Å². The van der Waals surface area contributed by atoms with E-state index < -0.39 is 0 Å². The molecule has 8 aromatic carbocycles. The van der Waals surface area contributed by atoms with Gasteiger partial charge < -0.3 is 9.73 Å². The molecular formula is C49H35N3O. The topological polar surface area (TPSA) is 49.6 Å². The van der Waals surface area contributed by atoms with Gasteiger partial charge in [-0.25, -0.2) is 4.99 Å². The second-order valence-electron chi connectivity index (χ2n) is 13.6. The Morgan fingerprint density at radius 2 is 1.02 bits per heavy atom. The molecule has 252 valence electrons. The molecule has 0 saturated carbocycles. The van der Waals surface area contributed by atoms with Gasteiger partial charge in [0.1, 0.15) is 29.3 Å². The highest BCUT2D eigenvalue weighted by molar-refractivity contribution is 6.19. The van der Waals surface area contributed by atoms with Crippen LogP contribution < -0.4 is 10.6 Å². The summed E-state index contributed by atoms with van der Waals surface area (Å²) < 4.78 is 6.63. The van der Waals surface area contributed by atoms with Crippen molar-refractivity contribution in [3.05, 3.63) is 205 Å². The summed E-state index contributed by atoms with van der Waals surface area (Å²) in [6.45, 7) is 0. The van der Waals surface area contributed by atoms with E-state index in [4.69, 9.17) is 9.41 Å². The van der Waals surface area contributed by atoms with Crippen LogP contribution in [-0.2, 0) is 0 Å². The Bertz CT molecular complexity index is 2790. The molecule has 0 radical (unpaired) electrons. The summed E-state index contributed by atoms with van der Waals surface area (Å²) in [6, 6.07) is 66.4. The van der Waals surface area contributed by atoms with Gasteiger partial charge in [-0.05, 0) is 80.2 Å². The molecule has 0 aliphatic carbocycles. The zero-order valence-electron chi connectivity index (χ0n) is 28.9. The predicted molar refractivity (Wildman–Crippen MR) is 219 cm³/mol. The van der Waals surface area contributed by atoms with Crippen LogP contribution in [0, 0.1) is 0 Å². The molecule has 1 aromatic heterocycles. The van der Waals surface area contributed by atoms with Crippen molar-refractivity contribution < 1.29 is 4.42 Å². The minimum absolute atomic E-state index is 0.0898. The highest BCUT2D eigenvalue weighted by atomic mass is 16.3. The number of furan rings is 1. The fraction of sp³-hybridized carbons (Fsp3) is 0.0408. The Kier molecular flexibility index (Phi) is 7.67. The second kappa shape index (κ2) is 13.1. The first-order valence-corrected chi connectivity index (χ1v) is 18.1. The fourth-order valence-electron chi connectivity index (χ4n) is 7.69. The van der Waals surface area contributed by atoms with E-state index in [0.717, 1.165) is 72.1 Å². The molecule has 0 amide bonds. The lowest BCUT2D eigenvalue weighted by molar-refractivity contribution is 0.409. The van der Waals surface area contributed by atoms with Crippen LogP contribution in [0.4, 0.5) is 0 Å². The fourth-order valence-corrected chi connectivity index (χ4v) is 7.69. The molecule has 4 nitrogen and oxygen atoms in total. The molecule has 10 rings (SSSR count). The van der Waals surface area contributed by atoms with Crippen LogP contribution in [0.2, 0.25) is 0 Å². The van der Waals surface area contributed by atoms with Crippen LogP contribution in [0.15, 0.2) is 197 Å². The number of hydrogen-bond acceptors (Lipinski definition) is 4. The summed E-state index contributed by atoms with van der Waals surface area (Å²) >= 11 is 0. The number of nitrogens with zero attached hydrogens (tertiary/aromatic N) is 1. The molecule has 9 aromatic rings. The Morgan fingerprint density at radius 1 is 0.415 bits per heavy atom.